The van der Waals surface area contributed by atoms with E-state index >= 15 is 0 Å². The van der Waals surface area contributed by atoms with Crippen LogP contribution < -0.4 is 16.4 Å². The molecule has 1 amide bonds. The highest BCUT2D eigenvalue weighted by atomic mass is 16.1. The van der Waals surface area contributed by atoms with Crippen molar-refractivity contribution in [3.05, 3.63) is 23.9 Å². The molecule has 5 nitrogen and oxygen atoms in total. The zero-order chi connectivity index (χ0) is 12.8. The summed E-state index contributed by atoms with van der Waals surface area (Å²) in [6, 6.07) is 3.66. The third-order valence-electron chi connectivity index (χ3n) is 2.55. The number of carbonyl (C=O) groups excluding carboxylic acids is 1. The summed E-state index contributed by atoms with van der Waals surface area (Å²) < 4.78 is 0. The first kappa shape index (κ1) is 13.4. The first-order valence-corrected chi connectivity index (χ1v) is 5.79. The van der Waals surface area contributed by atoms with Crippen LogP contribution in [0.3, 0.4) is 0 Å². The van der Waals surface area contributed by atoms with Crippen molar-refractivity contribution >= 4 is 11.7 Å². The lowest BCUT2D eigenvalue weighted by Crippen LogP contribution is -2.35. The van der Waals surface area contributed by atoms with E-state index in [-0.39, 0.29) is 6.04 Å². The molecule has 0 aliphatic rings. The van der Waals surface area contributed by atoms with Gasteiger partial charge in [0.1, 0.15) is 5.82 Å². The van der Waals surface area contributed by atoms with E-state index in [4.69, 9.17) is 11.5 Å². The Bertz CT molecular complexity index is 379. The minimum Gasteiger partial charge on any atom is -0.365 e. The van der Waals surface area contributed by atoms with Gasteiger partial charge in [-0.2, -0.15) is 0 Å². The van der Waals surface area contributed by atoms with E-state index in [2.05, 4.69) is 18.8 Å². The Hall–Kier alpha value is -1.62. The lowest BCUT2D eigenvalue weighted by atomic mass is 10.2. The van der Waals surface area contributed by atoms with Gasteiger partial charge in [-0.25, -0.2) is 4.98 Å². The van der Waals surface area contributed by atoms with Gasteiger partial charge in [0.15, 0.2) is 0 Å². The van der Waals surface area contributed by atoms with Gasteiger partial charge in [0, 0.05) is 18.8 Å². The van der Waals surface area contributed by atoms with Gasteiger partial charge in [-0.1, -0.05) is 0 Å². The summed E-state index contributed by atoms with van der Waals surface area (Å²) in [5.74, 6) is 0.190. The second-order valence-corrected chi connectivity index (χ2v) is 4.17. The van der Waals surface area contributed by atoms with E-state index in [9.17, 15) is 4.79 Å². The quantitative estimate of drug-likeness (QED) is 0.763. The second-order valence-electron chi connectivity index (χ2n) is 4.17. The summed E-state index contributed by atoms with van der Waals surface area (Å²) in [5.41, 5.74) is 11.3. The van der Waals surface area contributed by atoms with Gasteiger partial charge in [-0.3, -0.25) is 4.79 Å². The Morgan fingerprint density at radius 3 is 2.76 bits per heavy atom. The number of hydrogen-bond donors (Lipinski definition) is 2. The number of amides is 1. The van der Waals surface area contributed by atoms with Gasteiger partial charge in [0.2, 0.25) is 0 Å². The molecule has 94 valence electrons. The topological polar surface area (TPSA) is 85.2 Å². The van der Waals surface area contributed by atoms with Crippen molar-refractivity contribution in [2.75, 3.05) is 18.0 Å². The van der Waals surface area contributed by atoms with Gasteiger partial charge >= 0.3 is 0 Å². The summed E-state index contributed by atoms with van der Waals surface area (Å²) in [6.07, 6.45) is 2.52. The maximum absolute atomic E-state index is 11.4. The van der Waals surface area contributed by atoms with Gasteiger partial charge < -0.3 is 16.4 Å². The fourth-order valence-electron chi connectivity index (χ4n) is 1.69. The van der Waals surface area contributed by atoms with Crippen LogP contribution in [0.2, 0.25) is 0 Å². The Labute approximate surface area is 102 Å². The molecular weight excluding hydrogens is 216 g/mol. The van der Waals surface area contributed by atoms with Crippen LogP contribution >= 0.6 is 0 Å². The fourth-order valence-corrected chi connectivity index (χ4v) is 1.69. The molecule has 5 heteroatoms. The fraction of sp³-hybridized carbons (Fsp3) is 0.500. The summed E-state index contributed by atoms with van der Waals surface area (Å²) >= 11 is 0. The second kappa shape index (κ2) is 6.20. The van der Waals surface area contributed by atoms with Crippen molar-refractivity contribution < 1.29 is 4.79 Å². The zero-order valence-corrected chi connectivity index (χ0v) is 10.4. The molecule has 1 rings (SSSR count). The maximum Gasteiger partial charge on any atom is 0.252 e. The number of hydrogen-bond acceptors (Lipinski definition) is 4. The molecule has 17 heavy (non-hydrogen) atoms. The molecule has 0 unspecified atom stereocenters. The van der Waals surface area contributed by atoms with Crippen LogP contribution in [0.4, 0.5) is 5.82 Å². The molecule has 0 aromatic carbocycles. The number of nitrogens with two attached hydrogens (primary N) is 2. The maximum atomic E-state index is 11.4. The first-order chi connectivity index (χ1) is 8.07. The number of carbonyl (C=O) groups is 1. The normalized spacial score (nSPS) is 10.6. The molecule has 0 saturated carbocycles. The van der Waals surface area contributed by atoms with E-state index in [1.807, 2.05) is 4.90 Å². The lowest BCUT2D eigenvalue weighted by Gasteiger charge is -2.28. The highest BCUT2D eigenvalue weighted by molar-refractivity contribution is 5.97. The molecule has 1 aromatic rings. The summed E-state index contributed by atoms with van der Waals surface area (Å²) in [6.45, 7) is 5.49. The molecule has 1 heterocycles. The van der Waals surface area contributed by atoms with E-state index in [1.165, 1.54) is 0 Å². The first-order valence-electron chi connectivity index (χ1n) is 5.79. The van der Waals surface area contributed by atoms with E-state index in [1.54, 1.807) is 18.3 Å². The van der Waals surface area contributed by atoms with Crippen LogP contribution in [0.5, 0.6) is 0 Å². The van der Waals surface area contributed by atoms with Crippen molar-refractivity contribution in [1.29, 1.82) is 0 Å². The van der Waals surface area contributed by atoms with Gasteiger partial charge in [0.05, 0.1) is 5.56 Å². The minimum atomic E-state index is -0.452. The molecule has 0 aliphatic carbocycles. The summed E-state index contributed by atoms with van der Waals surface area (Å²) in [4.78, 5) is 17.7. The lowest BCUT2D eigenvalue weighted by molar-refractivity contribution is 0.100. The van der Waals surface area contributed by atoms with Crippen molar-refractivity contribution in [3.63, 3.8) is 0 Å². The van der Waals surface area contributed by atoms with Crippen molar-refractivity contribution in [2.45, 2.75) is 26.3 Å². The molecule has 0 atom stereocenters. The van der Waals surface area contributed by atoms with Crippen LogP contribution in [-0.4, -0.2) is 30.0 Å². The highest BCUT2D eigenvalue weighted by Gasteiger charge is 2.17. The van der Waals surface area contributed by atoms with Gasteiger partial charge in [0.25, 0.3) is 5.91 Å². The molecule has 0 spiro atoms. The predicted molar refractivity (Wildman–Crippen MR) is 68.9 cm³/mol. The Morgan fingerprint density at radius 2 is 2.24 bits per heavy atom. The molecule has 0 fully saturated rings. The number of pyridine rings is 1. The standard InChI is InChI=1S/C12H20N4O/c1-9(2)16(8-4-6-13)12-10(11(14)17)5-3-7-15-12/h3,5,7,9H,4,6,8,13H2,1-2H3,(H2,14,17). The van der Waals surface area contributed by atoms with Crippen LogP contribution in [-0.2, 0) is 0 Å². The summed E-state index contributed by atoms with van der Waals surface area (Å²) in [5, 5.41) is 0. The number of primary amides is 1. The van der Waals surface area contributed by atoms with Crippen molar-refractivity contribution in [3.8, 4) is 0 Å². The molecule has 4 N–H and O–H groups in total. The monoisotopic (exact) mass is 236 g/mol. The van der Waals surface area contributed by atoms with Gasteiger partial charge in [-0.15, -0.1) is 0 Å². The molecular formula is C12H20N4O. The van der Waals surface area contributed by atoms with Crippen molar-refractivity contribution in [2.24, 2.45) is 11.5 Å². The smallest absolute Gasteiger partial charge is 0.252 e. The van der Waals surface area contributed by atoms with E-state index in [0.29, 0.717) is 17.9 Å². The molecule has 0 aliphatic heterocycles. The average molecular weight is 236 g/mol. The number of aromatic nitrogens is 1. The Kier molecular flexibility index (Phi) is 4.90. The number of rotatable bonds is 6. The molecule has 1 aromatic heterocycles. The number of nitrogens with zero attached hydrogens (tertiary/aromatic N) is 2. The predicted octanol–water partition coefficient (Wildman–Crippen LogP) is 0.744. The Morgan fingerprint density at radius 1 is 1.53 bits per heavy atom. The molecule has 0 saturated heterocycles. The average Bonchev–Trinajstić information content (AvgIpc) is 2.29. The van der Waals surface area contributed by atoms with Crippen LogP contribution in [0.1, 0.15) is 30.6 Å². The van der Waals surface area contributed by atoms with Crippen LogP contribution in [0, 0.1) is 0 Å². The number of anilines is 1. The van der Waals surface area contributed by atoms with Crippen LogP contribution in [0.15, 0.2) is 18.3 Å². The highest BCUT2D eigenvalue weighted by Crippen LogP contribution is 2.19. The summed E-state index contributed by atoms with van der Waals surface area (Å²) in [7, 11) is 0. The van der Waals surface area contributed by atoms with E-state index < -0.39 is 5.91 Å². The van der Waals surface area contributed by atoms with Crippen molar-refractivity contribution in [1.82, 2.24) is 4.98 Å². The van der Waals surface area contributed by atoms with Crippen LogP contribution in [0.25, 0.3) is 0 Å². The minimum absolute atomic E-state index is 0.245. The van der Waals surface area contributed by atoms with E-state index in [0.717, 1.165) is 13.0 Å². The third kappa shape index (κ3) is 3.42. The zero-order valence-electron chi connectivity index (χ0n) is 10.4. The third-order valence-corrected chi connectivity index (χ3v) is 2.55. The largest absolute Gasteiger partial charge is 0.365 e. The van der Waals surface area contributed by atoms with Gasteiger partial charge in [-0.05, 0) is 38.9 Å². The molecule has 0 radical (unpaired) electrons. The SMILES string of the molecule is CC(C)N(CCCN)c1ncccc1C(N)=O. The Balaban J connectivity index is 3.04. The molecule has 0 bridgehead atoms.